The zero-order valence-electron chi connectivity index (χ0n) is 10.7. The molecule has 1 aromatic heterocycles. The van der Waals surface area contributed by atoms with E-state index in [-0.39, 0.29) is 16.5 Å². The Balaban J connectivity index is 2.24. The Hall–Kier alpha value is -1.34. The van der Waals surface area contributed by atoms with Crippen LogP contribution in [0.15, 0.2) is 45.9 Å². The summed E-state index contributed by atoms with van der Waals surface area (Å²) in [4.78, 5) is 0.0399. The molecule has 0 aliphatic rings. The zero-order chi connectivity index (χ0) is 14.8. The maximum absolute atomic E-state index is 12.2. The topological polar surface area (TPSA) is 79.5 Å². The molecule has 0 fully saturated rings. The average Bonchev–Trinajstić information content (AvgIpc) is 2.92. The summed E-state index contributed by atoms with van der Waals surface area (Å²) < 4.78 is 32.1. The SMILES string of the molecule is CC(NS(=O)(=O)c1ccc(CO)c(Cl)c1)c1ccco1. The quantitative estimate of drug-likeness (QED) is 0.888. The molecule has 1 heterocycles. The molecule has 1 unspecified atom stereocenters. The first-order valence-electron chi connectivity index (χ1n) is 5.89. The lowest BCUT2D eigenvalue weighted by Crippen LogP contribution is -2.26. The molecule has 20 heavy (non-hydrogen) atoms. The number of halogens is 1. The monoisotopic (exact) mass is 315 g/mol. The second-order valence-electron chi connectivity index (χ2n) is 4.27. The van der Waals surface area contributed by atoms with Gasteiger partial charge in [-0.05, 0) is 36.8 Å². The fraction of sp³-hybridized carbons (Fsp3) is 0.231. The summed E-state index contributed by atoms with van der Waals surface area (Å²) in [5, 5.41) is 9.23. The smallest absolute Gasteiger partial charge is 0.241 e. The number of aliphatic hydroxyl groups is 1. The summed E-state index contributed by atoms with van der Waals surface area (Å²) in [7, 11) is -3.71. The number of hydrogen-bond donors (Lipinski definition) is 2. The van der Waals surface area contributed by atoms with E-state index in [0.717, 1.165) is 0 Å². The summed E-state index contributed by atoms with van der Waals surface area (Å²) >= 11 is 5.90. The minimum Gasteiger partial charge on any atom is -0.468 e. The lowest BCUT2D eigenvalue weighted by molar-refractivity contribution is 0.282. The molecule has 0 bridgehead atoms. The van der Waals surface area contributed by atoms with Gasteiger partial charge in [-0.3, -0.25) is 0 Å². The molecule has 1 atom stereocenters. The number of furan rings is 1. The number of sulfonamides is 1. The summed E-state index contributed by atoms with van der Waals surface area (Å²) in [6, 6.07) is 7.07. The molecular weight excluding hydrogens is 302 g/mol. The van der Waals surface area contributed by atoms with Gasteiger partial charge in [0.05, 0.1) is 23.8 Å². The molecule has 0 amide bonds. The molecule has 5 nitrogen and oxygen atoms in total. The van der Waals surface area contributed by atoms with E-state index in [2.05, 4.69) is 4.72 Å². The van der Waals surface area contributed by atoms with Crippen LogP contribution in [0.3, 0.4) is 0 Å². The largest absolute Gasteiger partial charge is 0.468 e. The third-order valence-corrected chi connectivity index (χ3v) is 4.70. The number of benzene rings is 1. The maximum Gasteiger partial charge on any atom is 0.241 e. The fourth-order valence-corrected chi connectivity index (χ4v) is 3.26. The van der Waals surface area contributed by atoms with Crippen LogP contribution in [-0.4, -0.2) is 13.5 Å². The van der Waals surface area contributed by atoms with Gasteiger partial charge < -0.3 is 9.52 Å². The van der Waals surface area contributed by atoms with Crippen molar-refractivity contribution in [3.63, 3.8) is 0 Å². The van der Waals surface area contributed by atoms with Crippen LogP contribution in [0.4, 0.5) is 0 Å². The minimum atomic E-state index is -3.71. The van der Waals surface area contributed by atoms with Gasteiger partial charge >= 0.3 is 0 Å². The van der Waals surface area contributed by atoms with Gasteiger partial charge in [0.25, 0.3) is 0 Å². The molecule has 2 aromatic rings. The Labute approximate surface area is 122 Å². The highest BCUT2D eigenvalue weighted by atomic mass is 35.5. The molecule has 2 N–H and O–H groups in total. The number of rotatable bonds is 5. The second kappa shape index (κ2) is 5.97. The molecular formula is C13H14ClNO4S. The molecule has 1 aromatic carbocycles. The molecule has 0 saturated carbocycles. The van der Waals surface area contributed by atoms with E-state index in [1.54, 1.807) is 19.1 Å². The molecule has 0 saturated heterocycles. The summed E-state index contributed by atoms with van der Waals surface area (Å²) in [6.45, 7) is 1.44. The lowest BCUT2D eigenvalue weighted by atomic mass is 10.2. The van der Waals surface area contributed by atoms with Crippen LogP contribution in [0.25, 0.3) is 0 Å². The lowest BCUT2D eigenvalue weighted by Gasteiger charge is -2.13. The van der Waals surface area contributed by atoms with Crippen LogP contribution in [0.1, 0.15) is 24.3 Å². The van der Waals surface area contributed by atoms with Gasteiger partial charge in [0, 0.05) is 5.02 Å². The van der Waals surface area contributed by atoms with Crippen molar-refractivity contribution in [2.24, 2.45) is 0 Å². The Morgan fingerprint density at radius 2 is 2.15 bits per heavy atom. The second-order valence-corrected chi connectivity index (χ2v) is 6.39. The average molecular weight is 316 g/mol. The molecule has 0 aliphatic heterocycles. The van der Waals surface area contributed by atoms with Gasteiger partial charge in [-0.15, -0.1) is 0 Å². The van der Waals surface area contributed by atoms with Crippen molar-refractivity contribution in [3.8, 4) is 0 Å². The van der Waals surface area contributed by atoms with Crippen molar-refractivity contribution < 1.29 is 17.9 Å². The van der Waals surface area contributed by atoms with Crippen molar-refractivity contribution in [1.82, 2.24) is 4.72 Å². The van der Waals surface area contributed by atoms with Crippen molar-refractivity contribution in [1.29, 1.82) is 0 Å². The summed E-state index contributed by atoms with van der Waals surface area (Å²) in [5.41, 5.74) is 0.477. The summed E-state index contributed by atoms with van der Waals surface area (Å²) in [6.07, 6.45) is 1.48. The first-order valence-corrected chi connectivity index (χ1v) is 7.75. The van der Waals surface area contributed by atoms with E-state index in [4.69, 9.17) is 21.1 Å². The van der Waals surface area contributed by atoms with E-state index in [1.807, 2.05) is 0 Å². The van der Waals surface area contributed by atoms with Crippen LogP contribution in [0.2, 0.25) is 5.02 Å². The first kappa shape index (κ1) is 15.1. The van der Waals surface area contributed by atoms with Crippen LogP contribution in [0.5, 0.6) is 0 Å². The van der Waals surface area contributed by atoms with E-state index >= 15 is 0 Å². The van der Waals surface area contributed by atoms with Gasteiger partial charge in [-0.2, -0.15) is 0 Å². The predicted molar refractivity (Wildman–Crippen MR) is 74.8 cm³/mol. The van der Waals surface area contributed by atoms with E-state index in [0.29, 0.717) is 11.3 Å². The highest BCUT2D eigenvalue weighted by Crippen LogP contribution is 2.22. The zero-order valence-corrected chi connectivity index (χ0v) is 12.3. The molecule has 2 rings (SSSR count). The Bertz CT molecular complexity index is 682. The van der Waals surface area contributed by atoms with Crippen LogP contribution in [0, 0.1) is 0 Å². The molecule has 7 heteroatoms. The fourth-order valence-electron chi connectivity index (χ4n) is 1.72. The standard InChI is InChI=1S/C13H14ClNO4S/c1-9(13-3-2-6-19-13)15-20(17,18)11-5-4-10(8-16)12(14)7-11/h2-7,9,15-16H,8H2,1H3. The van der Waals surface area contributed by atoms with Crippen molar-refractivity contribution in [3.05, 3.63) is 52.9 Å². The van der Waals surface area contributed by atoms with E-state index in [1.165, 1.54) is 24.5 Å². The Kier molecular flexibility index (Phi) is 4.49. The van der Waals surface area contributed by atoms with Gasteiger partial charge in [0.2, 0.25) is 10.0 Å². The van der Waals surface area contributed by atoms with Crippen LogP contribution in [-0.2, 0) is 16.6 Å². The number of nitrogens with one attached hydrogen (secondary N) is 1. The Morgan fingerprint density at radius 3 is 2.70 bits per heavy atom. The molecule has 0 spiro atoms. The van der Waals surface area contributed by atoms with Gasteiger partial charge in [0.1, 0.15) is 5.76 Å². The third-order valence-electron chi connectivity index (χ3n) is 2.81. The van der Waals surface area contributed by atoms with E-state index < -0.39 is 16.1 Å². The van der Waals surface area contributed by atoms with Crippen LogP contribution >= 0.6 is 11.6 Å². The first-order chi connectivity index (χ1) is 9.44. The Morgan fingerprint density at radius 1 is 1.40 bits per heavy atom. The predicted octanol–water partition coefficient (Wildman–Crippen LogP) is 2.46. The molecule has 108 valence electrons. The number of hydrogen-bond acceptors (Lipinski definition) is 4. The number of aliphatic hydroxyl groups excluding tert-OH is 1. The van der Waals surface area contributed by atoms with Gasteiger partial charge in [0.15, 0.2) is 0 Å². The van der Waals surface area contributed by atoms with Gasteiger partial charge in [-0.1, -0.05) is 17.7 Å². The van der Waals surface area contributed by atoms with Crippen LogP contribution < -0.4 is 4.72 Å². The van der Waals surface area contributed by atoms with Crippen molar-refractivity contribution >= 4 is 21.6 Å². The van der Waals surface area contributed by atoms with E-state index in [9.17, 15) is 8.42 Å². The maximum atomic E-state index is 12.2. The molecule has 0 radical (unpaired) electrons. The van der Waals surface area contributed by atoms with Crippen molar-refractivity contribution in [2.45, 2.75) is 24.5 Å². The van der Waals surface area contributed by atoms with Gasteiger partial charge in [-0.25, -0.2) is 13.1 Å². The normalized spacial score (nSPS) is 13.3. The summed E-state index contributed by atoms with van der Waals surface area (Å²) in [5.74, 6) is 0.520. The third kappa shape index (κ3) is 3.21. The highest BCUT2D eigenvalue weighted by Gasteiger charge is 2.20. The van der Waals surface area contributed by atoms with Crippen molar-refractivity contribution in [2.75, 3.05) is 0 Å². The minimum absolute atomic E-state index is 0.0399. The highest BCUT2D eigenvalue weighted by molar-refractivity contribution is 7.89. The molecule has 0 aliphatic carbocycles.